The third-order valence-electron chi connectivity index (χ3n) is 4.03. The molecular weight excluding hydrogens is 264 g/mol. The zero-order valence-electron chi connectivity index (χ0n) is 10.6. The minimum atomic E-state index is -0.893. The predicted octanol–water partition coefficient (Wildman–Crippen LogP) is 0.654. The van der Waals surface area contributed by atoms with Crippen molar-refractivity contribution < 1.29 is 14.7 Å². The van der Waals surface area contributed by atoms with Crippen molar-refractivity contribution in [3.63, 3.8) is 0 Å². The van der Waals surface area contributed by atoms with Crippen molar-refractivity contribution in [3.8, 4) is 0 Å². The summed E-state index contributed by atoms with van der Waals surface area (Å²) in [6, 6.07) is -0.750. The molecule has 3 rings (SSSR count). The van der Waals surface area contributed by atoms with Gasteiger partial charge in [-0.15, -0.1) is 11.8 Å². The minimum Gasteiger partial charge on any atom is -0.480 e. The van der Waals surface area contributed by atoms with Crippen LogP contribution >= 0.6 is 11.8 Å². The van der Waals surface area contributed by atoms with Crippen molar-refractivity contribution in [1.29, 1.82) is 0 Å². The third-order valence-corrected chi connectivity index (χ3v) is 5.50. The van der Waals surface area contributed by atoms with E-state index in [1.807, 2.05) is 12.2 Å². The summed E-state index contributed by atoms with van der Waals surface area (Å²) in [5.74, 6) is -0.201. The van der Waals surface area contributed by atoms with Crippen LogP contribution in [0.4, 0.5) is 0 Å². The Labute approximate surface area is 116 Å². The first-order chi connectivity index (χ1) is 9.08. The van der Waals surface area contributed by atoms with Crippen LogP contribution in [0.5, 0.6) is 0 Å². The van der Waals surface area contributed by atoms with Crippen LogP contribution in [0.1, 0.15) is 19.3 Å². The van der Waals surface area contributed by atoms with Crippen LogP contribution < -0.4 is 5.73 Å². The third kappa shape index (κ3) is 2.39. The molecule has 2 fully saturated rings. The van der Waals surface area contributed by atoms with Gasteiger partial charge in [0.15, 0.2) is 0 Å². The number of hydrogen-bond donors (Lipinski definition) is 2. The Kier molecular flexibility index (Phi) is 3.30. The quantitative estimate of drug-likeness (QED) is 0.743. The van der Waals surface area contributed by atoms with Crippen LogP contribution in [0, 0.1) is 11.8 Å². The minimum absolute atomic E-state index is 0.0545. The second kappa shape index (κ2) is 4.83. The molecule has 0 radical (unpaired) electrons. The van der Waals surface area contributed by atoms with E-state index in [1.54, 1.807) is 16.7 Å². The normalized spacial score (nSPS) is 37.8. The van der Waals surface area contributed by atoms with Crippen LogP contribution in [0.2, 0.25) is 0 Å². The van der Waals surface area contributed by atoms with Gasteiger partial charge in [0.25, 0.3) is 0 Å². The Morgan fingerprint density at radius 3 is 2.58 bits per heavy atom. The predicted molar refractivity (Wildman–Crippen MR) is 72.5 cm³/mol. The Morgan fingerprint density at radius 2 is 2.05 bits per heavy atom. The first-order valence-electron chi connectivity index (χ1n) is 6.68. The number of thioether (sulfide) groups is 1. The number of nitrogens with zero attached hydrogens (tertiary/aromatic N) is 1. The van der Waals surface area contributed by atoms with Crippen molar-refractivity contribution in [2.24, 2.45) is 17.6 Å². The fraction of sp³-hybridized carbons (Fsp3) is 0.692. The highest BCUT2D eigenvalue weighted by molar-refractivity contribution is 8.00. The number of hydrogen-bond acceptors (Lipinski definition) is 4. The van der Waals surface area contributed by atoms with Gasteiger partial charge in [-0.25, -0.2) is 4.79 Å². The first kappa shape index (κ1) is 13.0. The Hall–Kier alpha value is -1.01. The Morgan fingerprint density at radius 1 is 1.32 bits per heavy atom. The van der Waals surface area contributed by atoms with Gasteiger partial charge in [0.05, 0.1) is 11.3 Å². The molecule has 0 spiro atoms. The molecule has 4 atom stereocenters. The maximum absolute atomic E-state index is 12.6. The van der Waals surface area contributed by atoms with Crippen molar-refractivity contribution in [2.45, 2.75) is 36.7 Å². The summed E-state index contributed by atoms with van der Waals surface area (Å²) in [6.07, 6.45) is 6.48. The molecule has 1 amide bonds. The van der Waals surface area contributed by atoms with Crippen LogP contribution in [0.15, 0.2) is 12.2 Å². The van der Waals surface area contributed by atoms with Gasteiger partial charge >= 0.3 is 5.97 Å². The lowest BCUT2D eigenvalue weighted by Gasteiger charge is -2.29. The lowest BCUT2D eigenvalue weighted by molar-refractivity contribution is -0.150. The van der Waals surface area contributed by atoms with Gasteiger partial charge < -0.3 is 15.7 Å². The zero-order chi connectivity index (χ0) is 13.6. The molecular formula is C13H18N2O3S. The summed E-state index contributed by atoms with van der Waals surface area (Å²) >= 11 is 1.61. The van der Waals surface area contributed by atoms with Gasteiger partial charge in [-0.2, -0.15) is 0 Å². The van der Waals surface area contributed by atoms with Gasteiger partial charge in [0.1, 0.15) is 6.04 Å². The van der Waals surface area contributed by atoms with Crippen LogP contribution in [-0.2, 0) is 9.59 Å². The average Bonchev–Trinajstić information content (AvgIpc) is 2.96. The molecule has 4 unspecified atom stereocenters. The first-order valence-corrected chi connectivity index (χ1v) is 7.73. The topological polar surface area (TPSA) is 83.6 Å². The van der Waals surface area contributed by atoms with E-state index in [0.29, 0.717) is 18.1 Å². The number of carbonyl (C=O) groups excluding carboxylic acids is 1. The molecule has 3 aliphatic rings. The van der Waals surface area contributed by atoms with Crippen LogP contribution in [0.3, 0.4) is 0 Å². The van der Waals surface area contributed by atoms with Crippen molar-refractivity contribution >= 4 is 23.6 Å². The van der Waals surface area contributed by atoms with Crippen molar-refractivity contribution in [3.05, 3.63) is 12.2 Å². The van der Waals surface area contributed by atoms with E-state index in [-0.39, 0.29) is 23.2 Å². The number of carboxylic acid groups (broad SMARTS) is 1. The highest BCUT2D eigenvalue weighted by atomic mass is 32.2. The van der Waals surface area contributed by atoms with E-state index < -0.39 is 12.0 Å². The highest BCUT2D eigenvalue weighted by Crippen LogP contribution is 2.46. The van der Waals surface area contributed by atoms with Gasteiger partial charge in [-0.05, 0) is 25.2 Å². The second-order valence-electron chi connectivity index (χ2n) is 5.55. The number of aliphatic carboxylic acids is 1. The maximum atomic E-state index is 12.6. The summed E-state index contributed by atoms with van der Waals surface area (Å²) in [5.41, 5.74) is 5.78. The van der Waals surface area contributed by atoms with Crippen LogP contribution in [0.25, 0.3) is 0 Å². The van der Waals surface area contributed by atoms with Gasteiger partial charge in [0, 0.05) is 11.8 Å². The molecule has 1 aliphatic heterocycles. The molecule has 1 saturated carbocycles. The molecule has 0 aromatic heterocycles. The number of carboxylic acids is 1. The molecule has 104 valence electrons. The molecule has 0 aromatic rings. The number of rotatable bonds is 3. The molecule has 0 aromatic carbocycles. The largest absolute Gasteiger partial charge is 0.480 e. The highest BCUT2D eigenvalue weighted by Gasteiger charge is 2.49. The fourth-order valence-corrected chi connectivity index (χ4v) is 4.48. The van der Waals surface area contributed by atoms with E-state index in [1.165, 1.54) is 0 Å². The lowest BCUT2D eigenvalue weighted by Crippen LogP contribution is -2.48. The SMILES string of the molecule is NC1C=CC(C(=O)N2C(C(=O)O)CSC2C2CC2)C1. The molecule has 3 N–H and O–H groups in total. The lowest BCUT2D eigenvalue weighted by atomic mass is 10.0. The molecule has 5 nitrogen and oxygen atoms in total. The zero-order valence-corrected chi connectivity index (χ0v) is 11.4. The van der Waals surface area contributed by atoms with Crippen molar-refractivity contribution in [2.75, 3.05) is 5.75 Å². The molecule has 1 heterocycles. The van der Waals surface area contributed by atoms with E-state index >= 15 is 0 Å². The molecule has 0 bridgehead atoms. The van der Waals surface area contributed by atoms with Gasteiger partial charge in [-0.1, -0.05) is 12.2 Å². The van der Waals surface area contributed by atoms with E-state index in [9.17, 15) is 14.7 Å². The van der Waals surface area contributed by atoms with Crippen molar-refractivity contribution in [1.82, 2.24) is 4.90 Å². The second-order valence-corrected chi connectivity index (χ2v) is 6.70. The summed E-state index contributed by atoms with van der Waals surface area (Å²) in [4.78, 5) is 25.6. The fourth-order valence-electron chi connectivity index (χ4n) is 2.84. The summed E-state index contributed by atoms with van der Waals surface area (Å²) in [5, 5.41) is 9.35. The summed E-state index contributed by atoms with van der Waals surface area (Å²) < 4.78 is 0. The molecule has 2 aliphatic carbocycles. The van der Waals surface area contributed by atoms with Crippen LogP contribution in [-0.4, -0.2) is 45.1 Å². The summed E-state index contributed by atoms with van der Waals surface area (Å²) in [7, 11) is 0. The maximum Gasteiger partial charge on any atom is 0.327 e. The Balaban J connectivity index is 1.79. The van der Waals surface area contributed by atoms with E-state index in [0.717, 1.165) is 12.8 Å². The number of carbonyl (C=O) groups is 2. The molecule has 6 heteroatoms. The average molecular weight is 282 g/mol. The molecule has 1 saturated heterocycles. The summed E-state index contributed by atoms with van der Waals surface area (Å²) in [6.45, 7) is 0. The van der Waals surface area contributed by atoms with E-state index in [2.05, 4.69) is 0 Å². The Bertz CT molecular complexity index is 436. The van der Waals surface area contributed by atoms with Gasteiger partial charge in [0.2, 0.25) is 5.91 Å². The standard InChI is InChI=1S/C13H18N2O3S/c14-9-4-3-8(5-9)11(16)15-10(13(17)18)6-19-12(15)7-1-2-7/h3-4,7-10,12H,1-2,5-6,14H2,(H,17,18). The smallest absolute Gasteiger partial charge is 0.327 e. The number of amides is 1. The monoisotopic (exact) mass is 282 g/mol. The van der Waals surface area contributed by atoms with Gasteiger partial charge in [-0.3, -0.25) is 4.79 Å². The molecule has 19 heavy (non-hydrogen) atoms. The number of nitrogens with two attached hydrogens (primary N) is 1. The van der Waals surface area contributed by atoms with E-state index in [4.69, 9.17) is 5.73 Å².